The Morgan fingerprint density at radius 3 is 1.61 bits per heavy atom. The summed E-state index contributed by atoms with van der Waals surface area (Å²) in [5, 5.41) is 7.05. The van der Waals surface area contributed by atoms with Crippen LogP contribution in [0.4, 0.5) is 0 Å². The number of rotatable bonds is 5. The molecular weight excluding hydrogens is 681 g/mol. The molecule has 0 saturated carbocycles. The fourth-order valence-electron chi connectivity index (χ4n) is 7.60. The highest BCUT2D eigenvalue weighted by Crippen LogP contribution is 2.41. The average molecular weight is 709 g/mol. The number of thiophene rings is 1. The summed E-state index contributed by atoms with van der Waals surface area (Å²) in [5.74, 6) is 1.85. The lowest BCUT2D eigenvalue weighted by Gasteiger charge is -2.11. The molecular formula is C48H28N4OS. The van der Waals surface area contributed by atoms with Crippen LogP contribution < -0.4 is 0 Å². The van der Waals surface area contributed by atoms with E-state index in [9.17, 15) is 0 Å². The molecule has 0 atom stereocenters. The average Bonchev–Trinajstić information content (AvgIpc) is 3.82. The second kappa shape index (κ2) is 12.3. The molecule has 0 spiro atoms. The van der Waals surface area contributed by atoms with Crippen molar-refractivity contribution in [3.05, 3.63) is 170 Å². The number of para-hydroxylation sites is 1. The Hall–Kier alpha value is -7.02. The van der Waals surface area contributed by atoms with Crippen molar-refractivity contribution in [1.29, 1.82) is 0 Å². The number of pyridine rings is 1. The van der Waals surface area contributed by atoms with Crippen LogP contribution in [-0.2, 0) is 0 Å². The Kier molecular flexibility index (Phi) is 6.97. The van der Waals surface area contributed by atoms with Crippen molar-refractivity contribution in [3.8, 4) is 56.5 Å². The van der Waals surface area contributed by atoms with Crippen LogP contribution in [0.5, 0.6) is 0 Å². The van der Waals surface area contributed by atoms with Crippen LogP contribution in [0, 0.1) is 0 Å². The molecule has 4 aromatic heterocycles. The van der Waals surface area contributed by atoms with Crippen molar-refractivity contribution in [3.63, 3.8) is 0 Å². The predicted octanol–water partition coefficient (Wildman–Crippen LogP) is 13.0. The number of benzene rings is 7. The first-order chi connectivity index (χ1) is 26.7. The molecule has 6 heteroatoms. The highest BCUT2D eigenvalue weighted by molar-refractivity contribution is 7.25. The Balaban J connectivity index is 1.00. The Morgan fingerprint density at radius 1 is 0.352 bits per heavy atom. The summed E-state index contributed by atoms with van der Waals surface area (Å²) in [4.78, 5) is 21.3. The molecule has 0 bridgehead atoms. The first-order valence-electron chi connectivity index (χ1n) is 17.9. The van der Waals surface area contributed by atoms with Gasteiger partial charge in [0.2, 0.25) is 0 Å². The van der Waals surface area contributed by atoms with E-state index in [1.165, 1.54) is 20.9 Å². The molecule has 252 valence electrons. The smallest absolute Gasteiger partial charge is 0.164 e. The molecule has 0 aliphatic carbocycles. The highest BCUT2D eigenvalue weighted by Gasteiger charge is 2.17. The number of hydrogen-bond donors (Lipinski definition) is 0. The third kappa shape index (κ3) is 4.99. The molecule has 0 unspecified atom stereocenters. The Morgan fingerprint density at radius 2 is 0.889 bits per heavy atom. The quantitative estimate of drug-likeness (QED) is 0.178. The molecule has 0 aliphatic rings. The summed E-state index contributed by atoms with van der Waals surface area (Å²) in [6.07, 6.45) is 0. The Bertz CT molecular complexity index is 3200. The summed E-state index contributed by atoms with van der Waals surface area (Å²) in [5.41, 5.74) is 8.74. The first kappa shape index (κ1) is 30.6. The van der Waals surface area contributed by atoms with E-state index in [2.05, 4.69) is 115 Å². The largest absolute Gasteiger partial charge is 0.456 e. The number of fused-ring (bicyclic) bond motifs is 8. The van der Waals surface area contributed by atoms with Crippen LogP contribution in [0.25, 0.3) is 110 Å². The molecule has 11 rings (SSSR count). The highest BCUT2D eigenvalue weighted by atomic mass is 32.1. The lowest BCUT2D eigenvalue weighted by molar-refractivity contribution is 0.669. The van der Waals surface area contributed by atoms with E-state index in [4.69, 9.17) is 24.4 Å². The topological polar surface area (TPSA) is 64.7 Å². The van der Waals surface area contributed by atoms with Crippen molar-refractivity contribution in [2.24, 2.45) is 0 Å². The van der Waals surface area contributed by atoms with E-state index in [-0.39, 0.29) is 0 Å². The lowest BCUT2D eigenvalue weighted by Crippen LogP contribution is -2.00. The van der Waals surface area contributed by atoms with Crippen molar-refractivity contribution in [1.82, 2.24) is 19.9 Å². The van der Waals surface area contributed by atoms with Gasteiger partial charge in [0.05, 0.1) is 5.69 Å². The number of hydrogen-bond acceptors (Lipinski definition) is 6. The molecule has 7 aromatic carbocycles. The van der Waals surface area contributed by atoms with Gasteiger partial charge < -0.3 is 4.42 Å². The summed E-state index contributed by atoms with van der Waals surface area (Å²) in [7, 11) is 0. The van der Waals surface area contributed by atoms with Gasteiger partial charge in [0.1, 0.15) is 16.0 Å². The maximum Gasteiger partial charge on any atom is 0.164 e. The minimum absolute atomic E-state index is 0.613. The second-order valence-corrected chi connectivity index (χ2v) is 14.4. The summed E-state index contributed by atoms with van der Waals surface area (Å²) >= 11 is 1.74. The molecule has 0 radical (unpaired) electrons. The van der Waals surface area contributed by atoms with Gasteiger partial charge in [-0.05, 0) is 34.7 Å². The van der Waals surface area contributed by atoms with Crippen molar-refractivity contribution in [2.45, 2.75) is 0 Å². The zero-order chi connectivity index (χ0) is 35.6. The summed E-state index contributed by atoms with van der Waals surface area (Å²) < 4.78 is 7.41. The monoisotopic (exact) mass is 708 g/mol. The lowest BCUT2D eigenvalue weighted by atomic mass is 9.98. The summed E-state index contributed by atoms with van der Waals surface area (Å²) in [6, 6.07) is 58.5. The van der Waals surface area contributed by atoms with Crippen LogP contribution in [0.3, 0.4) is 0 Å². The maximum atomic E-state index is 6.17. The summed E-state index contributed by atoms with van der Waals surface area (Å²) in [6.45, 7) is 0. The predicted molar refractivity (Wildman–Crippen MR) is 222 cm³/mol. The number of nitrogens with zero attached hydrogens (tertiary/aromatic N) is 4. The molecule has 0 aliphatic heterocycles. The van der Waals surface area contributed by atoms with Gasteiger partial charge in [0.25, 0.3) is 0 Å². The van der Waals surface area contributed by atoms with Gasteiger partial charge in [-0.2, -0.15) is 0 Å². The van der Waals surface area contributed by atoms with Gasteiger partial charge >= 0.3 is 0 Å². The van der Waals surface area contributed by atoms with Crippen molar-refractivity contribution >= 4 is 64.4 Å². The van der Waals surface area contributed by atoms with E-state index in [1.54, 1.807) is 11.3 Å². The molecule has 0 N–H and O–H groups in total. The first-order valence-corrected chi connectivity index (χ1v) is 18.7. The molecule has 0 fully saturated rings. The molecule has 0 amide bonds. The molecule has 4 heterocycles. The van der Waals surface area contributed by atoms with E-state index in [0.29, 0.717) is 17.5 Å². The molecule has 11 aromatic rings. The molecule has 5 nitrogen and oxygen atoms in total. The Labute approximate surface area is 313 Å². The van der Waals surface area contributed by atoms with Gasteiger partial charge in [-0.15, -0.1) is 11.3 Å². The molecule has 54 heavy (non-hydrogen) atoms. The fraction of sp³-hybridized carbons (Fsp3) is 0. The van der Waals surface area contributed by atoms with E-state index in [0.717, 1.165) is 71.2 Å². The van der Waals surface area contributed by atoms with Crippen LogP contribution in [0.2, 0.25) is 0 Å². The van der Waals surface area contributed by atoms with Gasteiger partial charge in [-0.1, -0.05) is 152 Å². The number of furan rings is 1. The minimum atomic E-state index is 0.613. The van der Waals surface area contributed by atoms with Gasteiger partial charge in [-0.25, -0.2) is 19.9 Å². The van der Waals surface area contributed by atoms with Crippen molar-refractivity contribution < 1.29 is 4.42 Å². The fourth-order valence-corrected chi connectivity index (χ4v) is 8.70. The standard InChI is InChI=1S/C48H28N4OS/c1-2-11-31(12-3-1)45-50-46(32-25-21-29(22-26-32)34-17-10-19-40-42(34)37-15-6-8-18-39(37)53-40)52-47(51-45)33-27-23-30(24-28-33)44-36-14-5-4-13-35(36)43-38-16-7-9-20-41(38)54-48(43)49-44/h1-28H. The van der Waals surface area contributed by atoms with E-state index >= 15 is 0 Å². The van der Waals surface area contributed by atoms with Crippen LogP contribution in [-0.4, -0.2) is 19.9 Å². The SMILES string of the molecule is c1ccc(-c2nc(-c3ccc(-c4nc5sc6ccccc6c5c5ccccc45)cc3)nc(-c3ccc(-c4cccc5oc6ccccc6c45)cc3)n2)cc1. The third-order valence-electron chi connectivity index (χ3n) is 10.2. The van der Waals surface area contributed by atoms with Gasteiger partial charge in [0, 0.05) is 53.9 Å². The van der Waals surface area contributed by atoms with E-state index in [1.807, 2.05) is 54.6 Å². The zero-order valence-electron chi connectivity index (χ0n) is 28.8. The normalized spacial score (nSPS) is 11.7. The number of aromatic nitrogens is 4. The van der Waals surface area contributed by atoms with Crippen LogP contribution in [0.15, 0.2) is 174 Å². The van der Waals surface area contributed by atoms with Gasteiger partial charge in [0.15, 0.2) is 17.5 Å². The van der Waals surface area contributed by atoms with Crippen LogP contribution in [0.1, 0.15) is 0 Å². The maximum absolute atomic E-state index is 6.17. The van der Waals surface area contributed by atoms with Crippen LogP contribution >= 0.6 is 11.3 Å². The molecule has 0 saturated heterocycles. The van der Waals surface area contributed by atoms with Crippen molar-refractivity contribution in [2.75, 3.05) is 0 Å². The third-order valence-corrected chi connectivity index (χ3v) is 11.2. The minimum Gasteiger partial charge on any atom is -0.456 e. The van der Waals surface area contributed by atoms with E-state index < -0.39 is 0 Å². The second-order valence-electron chi connectivity index (χ2n) is 13.4. The zero-order valence-corrected chi connectivity index (χ0v) is 29.6. The van der Waals surface area contributed by atoms with Gasteiger partial charge in [-0.3, -0.25) is 0 Å².